The lowest BCUT2D eigenvalue weighted by Crippen LogP contribution is -2.30. The first-order valence-electron chi connectivity index (χ1n) is 6.40. The van der Waals surface area contributed by atoms with Crippen LogP contribution in [0.3, 0.4) is 0 Å². The average Bonchev–Trinajstić information content (AvgIpc) is 2.83. The molecule has 2 N–H and O–H groups in total. The Morgan fingerprint density at radius 2 is 2.17 bits per heavy atom. The second-order valence-electron chi connectivity index (χ2n) is 4.97. The lowest BCUT2D eigenvalue weighted by molar-refractivity contribution is 0.0915. The number of benzene rings is 1. The maximum Gasteiger partial charge on any atom is 0.168 e. The zero-order chi connectivity index (χ0) is 12.5. The van der Waals surface area contributed by atoms with Crippen molar-refractivity contribution in [1.29, 1.82) is 0 Å². The molecule has 0 amide bonds. The number of carbonyl (C=O) groups excluding carboxylic acids is 1. The van der Waals surface area contributed by atoms with Gasteiger partial charge in [-0.3, -0.25) is 9.78 Å². The molecule has 1 aromatic heterocycles. The number of carbonyl (C=O) groups is 1. The minimum Gasteiger partial charge on any atom is -0.327 e. The van der Waals surface area contributed by atoms with Gasteiger partial charge in [0.25, 0.3) is 0 Å². The molecule has 2 atom stereocenters. The highest BCUT2D eigenvalue weighted by atomic mass is 16.1. The number of rotatable bonds is 2. The number of nitrogens with zero attached hydrogens (tertiary/aromatic N) is 1. The molecule has 3 nitrogen and oxygen atoms in total. The predicted molar refractivity (Wildman–Crippen MR) is 71.4 cm³/mol. The Morgan fingerprint density at radius 3 is 2.94 bits per heavy atom. The summed E-state index contributed by atoms with van der Waals surface area (Å²) < 4.78 is 0. The molecule has 1 heterocycles. The zero-order valence-electron chi connectivity index (χ0n) is 10.2. The number of Topliss-reactive ketones (excluding diaryl/α,β-unsaturated/α-hetero) is 1. The van der Waals surface area contributed by atoms with Crippen molar-refractivity contribution >= 4 is 16.6 Å². The molecule has 1 aromatic carbocycles. The summed E-state index contributed by atoms with van der Waals surface area (Å²) in [6.45, 7) is 0. The number of hydrogen-bond acceptors (Lipinski definition) is 3. The third kappa shape index (κ3) is 1.81. The molecule has 3 heteroatoms. The molecular weight excluding hydrogens is 224 g/mol. The smallest absolute Gasteiger partial charge is 0.168 e. The predicted octanol–water partition coefficient (Wildman–Crippen LogP) is 2.54. The van der Waals surface area contributed by atoms with Crippen LogP contribution in [0.4, 0.5) is 0 Å². The van der Waals surface area contributed by atoms with Gasteiger partial charge in [-0.15, -0.1) is 0 Å². The number of fused-ring (bicyclic) bond motifs is 1. The topological polar surface area (TPSA) is 56.0 Å². The first kappa shape index (κ1) is 11.4. The molecule has 0 spiro atoms. The lowest BCUT2D eigenvalue weighted by Gasteiger charge is -2.15. The third-order valence-electron chi connectivity index (χ3n) is 3.85. The van der Waals surface area contributed by atoms with Crippen LogP contribution in [0.15, 0.2) is 36.7 Å². The van der Waals surface area contributed by atoms with Crippen LogP contribution < -0.4 is 5.73 Å². The first-order chi connectivity index (χ1) is 8.77. The summed E-state index contributed by atoms with van der Waals surface area (Å²) in [5, 5.41) is 1.99. The summed E-state index contributed by atoms with van der Waals surface area (Å²) in [5.74, 6) is 0.181. The van der Waals surface area contributed by atoms with E-state index in [1.165, 1.54) is 0 Å². The Kier molecular flexibility index (Phi) is 2.84. The Balaban J connectivity index is 2.06. The SMILES string of the molecule is NC1CCCC1C(=O)c1cccc2cnccc12. The van der Waals surface area contributed by atoms with Crippen molar-refractivity contribution in [2.75, 3.05) is 0 Å². The van der Waals surface area contributed by atoms with Gasteiger partial charge in [0.15, 0.2) is 5.78 Å². The van der Waals surface area contributed by atoms with Gasteiger partial charge < -0.3 is 5.73 Å². The van der Waals surface area contributed by atoms with Gasteiger partial charge in [0.2, 0.25) is 0 Å². The van der Waals surface area contributed by atoms with Gasteiger partial charge in [0, 0.05) is 35.3 Å². The van der Waals surface area contributed by atoms with Crippen LogP contribution in [0, 0.1) is 5.92 Å². The lowest BCUT2D eigenvalue weighted by atomic mass is 9.91. The van der Waals surface area contributed by atoms with Crippen LogP contribution >= 0.6 is 0 Å². The summed E-state index contributed by atoms with van der Waals surface area (Å²) in [4.78, 5) is 16.7. The Labute approximate surface area is 106 Å². The number of hydrogen-bond donors (Lipinski definition) is 1. The molecule has 1 saturated carbocycles. The average molecular weight is 240 g/mol. The van der Waals surface area contributed by atoms with Crippen LogP contribution in [-0.4, -0.2) is 16.8 Å². The molecule has 0 radical (unpaired) electrons. The van der Waals surface area contributed by atoms with Crippen molar-refractivity contribution in [1.82, 2.24) is 4.98 Å². The molecule has 1 aliphatic rings. The van der Waals surface area contributed by atoms with Gasteiger partial charge in [-0.05, 0) is 24.3 Å². The van der Waals surface area contributed by atoms with E-state index >= 15 is 0 Å². The van der Waals surface area contributed by atoms with Crippen molar-refractivity contribution in [2.45, 2.75) is 25.3 Å². The number of aromatic nitrogens is 1. The van der Waals surface area contributed by atoms with Crippen molar-refractivity contribution < 1.29 is 4.79 Å². The maximum absolute atomic E-state index is 12.6. The molecule has 0 aliphatic heterocycles. The van der Waals surface area contributed by atoms with Gasteiger partial charge in [-0.2, -0.15) is 0 Å². The normalized spacial score (nSPS) is 23.4. The monoisotopic (exact) mass is 240 g/mol. The Hall–Kier alpha value is -1.74. The van der Waals surface area contributed by atoms with Crippen molar-refractivity contribution in [3.8, 4) is 0 Å². The number of ketones is 1. The van der Waals surface area contributed by atoms with E-state index in [9.17, 15) is 4.79 Å². The first-order valence-corrected chi connectivity index (χ1v) is 6.40. The van der Waals surface area contributed by atoms with Gasteiger partial charge in [-0.25, -0.2) is 0 Å². The molecule has 0 saturated heterocycles. The fourth-order valence-corrected chi connectivity index (χ4v) is 2.85. The largest absolute Gasteiger partial charge is 0.327 e. The minimum absolute atomic E-state index is 0.0104. The van der Waals surface area contributed by atoms with Crippen molar-refractivity contribution in [2.24, 2.45) is 11.7 Å². The molecule has 92 valence electrons. The van der Waals surface area contributed by atoms with E-state index in [0.29, 0.717) is 0 Å². The fourth-order valence-electron chi connectivity index (χ4n) is 2.85. The van der Waals surface area contributed by atoms with Crippen LogP contribution in [0.1, 0.15) is 29.6 Å². The summed E-state index contributed by atoms with van der Waals surface area (Å²) in [5.41, 5.74) is 6.82. The molecule has 1 aliphatic carbocycles. The number of nitrogens with two attached hydrogens (primary N) is 1. The van der Waals surface area contributed by atoms with E-state index in [0.717, 1.165) is 35.6 Å². The van der Waals surface area contributed by atoms with E-state index in [4.69, 9.17) is 5.73 Å². The van der Waals surface area contributed by atoms with Gasteiger partial charge in [0.05, 0.1) is 0 Å². The molecule has 2 unspecified atom stereocenters. The van der Waals surface area contributed by atoms with E-state index < -0.39 is 0 Å². The highest BCUT2D eigenvalue weighted by Crippen LogP contribution is 2.29. The molecule has 2 aromatic rings. The quantitative estimate of drug-likeness (QED) is 0.821. The highest BCUT2D eigenvalue weighted by Gasteiger charge is 2.31. The molecule has 1 fully saturated rings. The Bertz CT molecular complexity index is 589. The zero-order valence-corrected chi connectivity index (χ0v) is 10.2. The third-order valence-corrected chi connectivity index (χ3v) is 3.85. The van der Waals surface area contributed by atoms with Crippen molar-refractivity contribution in [3.05, 3.63) is 42.2 Å². The van der Waals surface area contributed by atoms with E-state index in [2.05, 4.69) is 4.98 Å². The second-order valence-corrected chi connectivity index (χ2v) is 4.97. The van der Waals surface area contributed by atoms with E-state index in [-0.39, 0.29) is 17.7 Å². The second kappa shape index (κ2) is 4.50. The molecule has 18 heavy (non-hydrogen) atoms. The van der Waals surface area contributed by atoms with Gasteiger partial charge >= 0.3 is 0 Å². The molecule has 3 rings (SSSR count). The van der Waals surface area contributed by atoms with Crippen LogP contribution in [0.2, 0.25) is 0 Å². The minimum atomic E-state index is -0.0104. The highest BCUT2D eigenvalue weighted by molar-refractivity contribution is 6.09. The summed E-state index contributed by atoms with van der Waals surface area (Å²) in [6, 6.07) is 7.72. The maximum atomic E-state index is 12.6. The van der Waals surface area contributed by atoms with Crippen LogP contribution in [-0.2, 0) is 0 Å². The van der Waals surface area contributed by atoms with Gasteiger partial charge in [0.1, 0.15) is 0 Å². The number of pyridine rings is 1. The molecular formula is C15H16N2O. The molecule has 0 bridgehead atoms. The van der Waals surface area contributed by atoms with Crippen LogP contribution in [0.25, 0.3) is 10.8 Å². The standard InChI is InChI=1S/C15H16N2O/c16-14-6-2-5-13(14)15(18)12-4-1-3-10-9-17-8-7-11(10)12/h1,3-4,7-9,13-14H,2,5-6,16H2. The Morgan fingerprint density at radius 1 is 1.28 bits per heavy atom. The van der Waals surface area contributed by atoms with Crippen molar-refractivity contribution in [3.63, 3.8) is 0 Å². The van der Waals surface area contributed by atoms with E-state index in [1.807, 2.05) is 24.3 Å². The summed E-state index contributed by atoms with van der Waals surface area (Å²) in [6.07, 6.45) is 6.46. The summed E-state index contributed by atoms with van der Waals surface area (Å²) in [7, 11) is 0. The van der Waals surface area contributed by atoms with Gasteiger partial charge in [-0.1, -0.05) is 24.6 Å². The summed E-state index contributed by atoms with van der Waals surface area (Å²) >= 11 is 0. The van der Waals surface area contributed by atoms with E-state index in [1.54, 1.807) is 12.4 Å². The van der Waals surface area contributed by atoms with Crippen LogP contribution in [0.5, 0.6) is 0 Å². The fraction of sp³-hybridized carbons (Fsp3) is 0.333.